The summed E-state index contributed by atoms with van der Waals surface area (Å²) >= 11 is 0. The van der Waals surface area contributed by atoms with Gasteiger partial charge < -0.3 is 38.3 Å². The molecule has 34 heavy (non-hydrogen) atoms. The van der Waals surface area contributed by atoms with Gasteiger partial charge in [-0.25, -0.2) is 14.4 Å². The van der Waals surface area contributed by atoms with Gasteiger partial charge in [0.1, 0.15) is 18.4 Å². The smallest absolute Gasteiger partial charge is 0.345 e. The average Bonchev–Trinajstić information content (AvgIpc) is 3.08. The molecule has 13 nitrogen and oxygen atoms in total. The Labute approximate surface area is 195 Å². The molecule has 2 aliphatic heterocycles. The van der Waals surface area contributed by atoms with Crippen LogP contribution in [0.1, 0.15) is 27.2 Å². The van der Waals surface area contributed by atoms with E-state index in [1.54, 1.807) is 0 Å². The predicted octanol–water partition coefficient (Wildman–Crippen LogP) is -1.09. The summed E-state index contributed by atoms with van der Waals surface area (Å²) < 4.78 is 36.3. The van der Waals surface area contributed by atoms with Crippen LogP contribution in [0, 0.1) is 11.8 Å². The minimum atomic E-state index is -3.25. The number of hydrogen-bond acceptors (Lipinski definition) is 13. The number of Topliss-reactive ketones (excluding diaryl/α,β-unsaturated/α-hetero) is 2. The monoisotopic (exact) mass is 490 g/mol. The lowest BCUT2D eigenvalue weighted by molar-refractivity contribution is -0.371. The first-order chi connectivity index (χ1) is 15.9. The lowest BCUT2D eigenvalue weighted by Gasteiger charge is -2.50. The zero-order valence-corrected chi connectivity index (χ0v) is 19.9. The molecule has 0 amide bonds. The molecule has 2 saturated heterocycles. The third-order valence-corrected chi connectivity index (χ3v) is 6.00. The molecule has 2 aliphatic rings. The molecule has 192 valence electrons. The first-order valence-electron chi connectivity index (χ1n) is 10.5. The highest BCUT2D eigenvalue weighted by molar-refractivity contribution is 6.04. The second-order valence-electron chi connectivity index (χ2n) is 7.89. The van der Waals surface area contributed by atoms with E-state index in [0.717, 1.165) is 28.1 Å². The highest BCUT2D eigenvalue weighted by Gasteiger charge is 2.86. The summed E-state index contributed by atoms with van der Waals surface area (Å²) in [5.41, 5.74) is -6.13. The lowest BCUT2D eigenvalue weighted by atomic mass is 9.66. The van der Waals surface area contributed by atoms with Crippen LogP contribution in [0.25, 0.3) is 0 Å². The Hall–Kier alpha value is -2.45. The van der Waals surface area contributed by atoms with E-state index in [0.29, 0.717) is 0 Å². The lowest BCUT2D eigenvalue weighted by Crippen LogP contribution is -2.78. The van der Waals surface area contributed by atoms with Crippen LogP contribution in [-0.4, -0.2) is 99.0 Å². The molecule has 0 radical (unpaired) electrons. The Bertz CT molecular complexity index is 841. The maximum absolute atomic E-state index is 13.4. The zero-order chi connectivity index (χ0) is 25.9. The largest absolute Gasteiger partial charge is 0.467 e. The van der Waals surface area contributed by atoms with Crippen LogP contribution in [0.3, 0.4) is 0 Å². The fraction of sp³-hybridized carbons (Fsp3) is 0.762. The number of rotatable bonds is 11. The van der Waals surface area contributed by atoms with Gasteiger partial charge in [0.05, 0.1) is 39.3 Å². The summed E-state index contributed by atoms with van der Waals surface area (Å²) in [6, 6.07) is 0. The van der Waals surface area contributed by atoms with E-state index < -0.39 is 64.4 Å². The maximum Gasteiger partial charge on any atom is 0.345 e. The van der Waals surface area contributed by atoms with Gasteiger partial charge in [-0.05, 0) is 20.8 Å². The van der Waals surface area contributed by atoms with Crippen molar-refractivity contribution >= 4 is 29.5 Å². The molecule has 0 saturated carbocycles. The number of ether oxygens (including phenoxy) is 7. The fourth-order valence-corrected chi connectivity index (χ4v) is 4.77. The van der Waals surface area contributed by atoms with Gasteiger partial charge in [-0.3, -0.25) is 9.59 Å². The van der Waals surface area contributed by atoms with Crippen molar-refractivity contribution in [3.8, 4) is 0 Å². The van der Waals surface area contributed by atoms with Crippen molar-refractivity contribution in [1.82, 2.24) is 0 Å². The molecule has 13 heteroatoms. The molecule has 2 bridgehead atoms. The van der Waals surface area contributed by atoms with Crippen LogP contribution in [0.4, 0.5) is 0 Å². The van der Waals surface area contributed by atoms with Crippen molar-refractivity contribution in [2.24, 2.45) is 11.8 Å². The Morgan fingerprint density at radius 1 is 0.941 bits per heavy atom. The summed E-state index contributed by atoms with van der Waals surface area (Å²) in [6.07, 6.45) is -2.52. The summed E-state index contributed by atoms with van der Waals surface area (Å²) in [5.74, 6) is -11.1. The van der Waals surface area contributed by atoms with Gasteiger partial charge in [-0.15, -0.1) is 0 Å². The normalized spacial score (nSPS) is 34.3. The number of carbonyl (C=O) groups is 5. The van der Waals surface area contributed by atoms with Crippen molar-refractivity contribution in [3.05, 3.63) is 0 Å². The molecule has 0 aromatic carbocycles. The fourth-order valence-electron chi connectivity index (χ4n) is 4.77. The Morgan fingerprint density at radius 2 is 1.56 bits per heavy atom. The summed E-state index contributed by atoms with van der Waals surface area (Å²) in [5, 5.41) is 11.7. The van der Waals surface area contributed by atoms with Crippen LogP contribution in [0.5, 0.6) is 0 Å². The Balaban J connectivity index is 2.91. The van der Waals surface area contributed by atoms with Gasteiger partial charge in [-0.1, -0.05) is 0 Å². The molecule has 1 N–H and O–H groups in total. The molecule has 2 heterocycles. The van der Waals surface area contributed by atoms with E-state index in [1.165, 1.54) is 14.0 Å². The van der Waals surface area contributed by atoms with Gasteiger partial charge in [-0.2, -0.15) is 0 Å². The average molecular weight is 490 g/mol. The first-order valence-corrected chi connectivity index (χ1v) is 10.5. The summed E-state index contributed by atoms with van der Waals surface area (Å²) in [7, 11) is 3.21. The van der Waals surface area contributed by atoms with Gasteiger partial charge in [0, 0.05) is 13.5 Å². The van der Waals surface area contributed by atoms with E-state index in [-0.39, 0.29) is 26.4 Å². The van der Waals surface area contributed by atoms with E-state index in [2.05, 4.69) is 4.74 Å². The van der Waals surface area contributed by atoms with Crippen molar-refractivity contribution in [2.45, 2.75) is 50.3 Å². The van der Waals surface area contributed by atoms with Crippen LogP contribution in [0.15, 0.2) is 0 Å². The van der Waals surface area contributed by atoms with Crippen LogP contribution < -0.4 is 0 Å². The Morgan fingerprint density at radius 3 is 2.03 bits per heavy atom. The number of esters is 3. The second-order valence-corrected chi connectivity index (χ2v) is 7.89. The van der Waals surface area contributed by atoms with Gasteiger partial charge in [0.25, 0.3) is 0 Å². The molecule has 0 spiro atoms. The molecule has 0 aromatic heterocycles. The molecular weight excluding hydrogens is 460 g/mol. The molecule has 0 aliphatic carbocycles. The third kappa shape index (κ3) is 4.01. The van der Waals surface area contributed by atoms with Crippen molar-refractivity contribution in [1.29, 1.82) is 0 Å². The maximum atomic E-state index is 13.4. The van der Waals surface area contributed by atoms with Crippen molar-refractivity contribution in [2.75, 3.05) is 41.3 Å². The number of carbonyl (C=O) groups excluding carboxylic acids is 5. The van der Waals surface area contributed by atoms with Crippen molar-refractivity contribution in [3.63, 3.8) is 0 Å². The minimum absolute atomic E-state index is 0.146. The highest BCUT2D eigenvalue weighted by atomic mass is 16.8. The van der Waals surface area contributed by atoms with E-state index in [9.17, 15) is 29.1 Å². The van der Waals surface area contributed by atoms with Gasteiger partial charge in [0.2, 0.25) is 17.3 Å². The first kappa shape index (κ1) is 27.8. The number of methoxy groups -OCH3 is 3. The third-order valence-electron chi connectivity index (χ3n) is 6.00. The molecule has 2 fully saturated rings. The van der Waals surface area contributed by atoms with E-state index in [1.807, 2.05) is 0 Å². The quantitative estimate of drug-likeness (QED) is 0.161. The Kier molecular flexibility index (Phi) is 8.53. The molecule has 2 rings (SSSR count). The van der Waals surface area contributed by atoms with Gasteiger partial charge in [0.15, 0.2) is 5.79 Å². The van der Waals surface area contributed by atoms with Crippen molar-refractivity contribution < 1.29 is 62.2 Å². The molecule has 0 aromatic rings. The van der Waals surface area contributed by atoms with Gasteiger partial charge >= 0.3 is 17.9 Å². The highest BCUT2D eigenvalue weighted by Crippen LogP contribution is 2.60. The standard InChI is InChI=1S/C21H30O13/c1-7-32-18(26)21-14(12(3)23)13(11(2)22)19(34-21,8-9-31-10-28-4)33-15(16(24)29-5)20(21,27)17(25)30-6/h13-15,27H,7-10H2,1-6H3/t13-,14-,15-,19+,20-,21+/m1/s1. The van der Waals surface area contributed by atoms with Crippen LogP contribution in [-0.2, 0) is 57.1 Å². The molecule has 0 unspecified atom stereocenters. The van der Waals surface area contributed by atoms with Crippen LogP contribution >= 0.6 is 0 Å². The minimum Gasteiger partial charge on any atom is -0.467 e. The number of ketones is 2. The predicted molar refractivity (Wildman–Crippen MR) is 108 cm³/mol. The van der Waals surface area contributed by atoms with E-state index in [4.69, 9.17) is 28.4 Å². The zero-order valence-electron chi connectivity index (χ0n) is 19.9. The van der Waals surface area contributed by atoms with E-state index >= 15 is 0 Å². The number of hydrogen-bond donors (Lipinski definition) is 1. The SMILES string of the molecule is CCOC(=O)[C@]12O[C@](CCOCOC)(O[C@H](C(=O)OC)[C@@]1(O)C(=O)OC)[C@H](C(C)=O)[C@H]2C(C)=O. The summed E-state index contributed by atoms with van der Waals surface area (Å²) in [6.45, 7) is 3.04. The number of aliphatic hydroxyl groups is 1. The molecular formula is C21H30O13. The molecule has 6 atom stereocenters. The van der Waals surface area contributed by atoms with Crippen LogP contribution in [0.2, 0.25) is 0 Å². The second kappa shape index (κ2) is 10.4. The topological polar surface area (TPSA) is 170 Å². The summed E-state index contributed by atoms with van der Waals surface area (Å²) in [4.78, 5) is 65.0. The number of fused-ring (bicyclic) bond motifs is 2.